The molecule has 2 atom stereocenters. The van der Waals surface area contributed by atoms with Crippen LogP contribution in [0.15, 0.2) is 29.2 Å². The molecule has 1 aliphatic heterocycles. The molecule has 1 aromatic carbocycles. The fraction of sp³-hybridized carbons (Fsp3) is 0.571. The van der Waals surface area contributed by atoms with Gasteiger partial charge < -0.3 is 5.32 Å². The van der Waals surface area contributed by atoms with E-state index in [0.29, 0.717) is 4.90 Å². The molecule has 1 spiro atoms. The number of nitrogens with one attached hydrogen (secondary N) is 1. The molecule has 2 fully saturated rings. The van der Waals surface area contributed by atoms with E-state index in [9.17, 15) is 8.42 Å². The van der Waals surface area contributed by atoms with Gasteiger partial charge in [0.05, 0.1) is 10.1 Å². The standard InChI is InChI=1S/C14H19NO2S/c1-11-5-7-12(8-6-11)18(16,17)13-4-2-3-9-14(13)10-15-14/h5-8,13,15H,2-4,9-10H2,1H3. The third-order valence-corrected chi connectivity index (χ3v) is 6.68. The van der Waals surface area contributed by atoms with Crippen LogP contribution >= 0.6 is 0 Å². The summed E-state index contributed by atoms with van der Waals surface area (Å²) in [7, 11) is -3.19. The second-order valence-corrected chi connectivity index (χ2v) is 7.73. The first kappa shape index (κ1) is 12.2. The van der Waals surface area contributed by atoms with Gasteiger partial charge >= 0.3 is 0 Å². The zero-order valence-corrected chi connectivity index (χ0v) is 11.5. The summed E-state index contributed by atoms with van der Waals surface area (Å²) >= 11 is 0. The highest BCUT2D eigenvalue weighted by Gasteiger charge is 2.55. The van der Waals surface area contributed by atoms with Crippen LogP contribution in [0.4, 0.5) is 0 Å². The molecule has 1 saturated heterocycles. The minimum atomic E-state index is -3.19. The topological polar surface area (TPSA) is 56.1 Å². The number of sulfone groups is 1. The van der Waals surface area contributed by atoms with Crippen molar-refractivity contribution in [3.8, 4) is 0 Å². The van der Waals surface area contributed by atoms with E-state index in [-0.39, 0.29) is 10.8 Å². The van der Waals surface area contributed by atoms with Gasteiger partial charge in [-0.3, -0.25) is 0 Å². The van der Waals surface area contributed by atoms with Gasteiger partial charge in [0.15, 0.2) is 9.84 Å². The predicted octanol–water partition coefficient (Wildman–Crippen LogP) is 2.05. The van der Waals surface area contributed by atoms with Crippen molar-refractivity contribution in [3.05, 3.63) is 29.8 Å². The largest absolute Gasteiger partial charge is 0.307 e. The van der Waals surface area contributed by atoms with Gasteiger partial charge in [-0.05, 0) is 31.9 Å². The number of aryl methyl sites for hydroxylation is 1. The van der Waals surface area contributed by atoms with Crippen molar-refractivity contribution in [3.63, 3.8) is 0 Å². The molecule has 0 amide bonds. The van der Waals surface area contributed by atoms with Crippen molar-refractivity contribution < 1.29 is 8.42 Å². The smallest absolute Gasteiger partial charge is 0.183 e. The van der Waals surface area contributed by atoms with Crippen molar-refractivity contribution in [2.24, 2.45) is 0 Å². The van der Waals surface area contributed by atoms with Gasteiger partial charge in [0, 0.05) is 12.1 Å². The second kappa shape index (κ2) is 4.07. The molecule has 4 heteroatoms. The summed E-state index contributed by atoms with van der Waals surface area (Å²) in [5.41, 5.74) is 0.985. The summed E-state index contributed by atoms with van der Waals surface area (Å²) in [6.45, 7) is 2.84. The number of rotatable bonds is 2. The maximum atomic E-state index is 12.7. The molecule has 0 radical (unpaired) electrons. The summed E-state index contributed by atoms with van der Waals surface area (Å²) in [5, 5.41) is 3.07. The third-order valence-electron chi connectivity index (χ3n) is 4.31. The average Bonchev–Trinajstić information content (AvgIpc) is 3.10. The van der Waals surface area contributed by atoms with Crippen LogP contribution in [0.2, 0.25) is 0 Å². The van der Waals surface area contributed by atoms with Gasteiger partial charge in [-0.1, -0.05) is 30.5 Å². The minimum absolute atomic E-state index is 0.109. The zero-order chi connectivity index (χ0) is 12.8. The molecule has 1 N–H and O–H groups in total. The lowest BCUT2D eigenvalue weighted by Crippen LogP contribution is -2.42. The van der Waals surface area contributed by atoms with Gasteiger partial charge in [-0.15, -0.1) is 0 Å². The van der Waals surface area contributed by atoms with Crippen LogP contribution in [-0.4, -0.2) is 25.8 Å². The first-order valence-electron chi connectivity index (χ1n) is 6.60. The molecule has 2 unspecified atom stereocenters. The third kappa shape index (κ3) is 1.88. The minimum Gasteiger partial charge on any atom is -0.307 e. The Labute approximate surface area is 109 Å². The van der Waals surface area contributed by atoms with Crippen LogP contribution in [0.1, 0.15) is 31.2 Å². The van der Waals surface area contributed by atoms with E-state index < -0.39 is 9.84 Å². The summed E-state index contributed by atoms with van der Waals surface area (Å²) in [6, 6.07) is 7.25. The molecule has 1 aliphatic carbocycles. The Morgan fingerprint density at radius 3 is 2.50 bits per heavy atom. The molecule has 1 heterocycles. The number of hydrogen-bond acceptors (Lipinski definition) is 3. The predicted molar refractivity (Wildman–Crippen MR) is 71.4 cm³/mol. The maximum Gasteiger partial charge on any atom is 0.183 e. The van der Waals surface area contributed by atoms with Gasteiger partial charge in [-0.2, -0.15) is 0 Å². The van der Waals surface area contributed by atoms with Crippen LogP contribution in [0.3, 0.4) is 0 Å². The highest BCUT2D eigenvalue weighted by molar-refractivity contribution is 7.92. The summed E-state index contributed by atoms with van der Waals surface area (Å²) < 4.78 is 25.4. The summed E-state index contributed by atoms with van der Waals surface area (Å²) in [4.78, 5) is 0.480. The average molecular weight is 265 g/mol. The second-order valence-electron chi connectivity index (χ2n) is 5.60. The Morgan fingerprint density at radius 1 is 1.22 bits per heavy atom. The van der Waals surface area contributed by atoms with Crippen molar-refractivity contribution in [2.45, 2.75) is 48.3 Å². The van der Waals surface area contributed by atoms with E-state index in [4.69, 9.17) is 0 Å². The van der Waals surface area contributed by atoms with Gasteiger partial charge in [0.1, 0.15) is 0 Å². The Kier molecular flexibility index (Phi) is 2.75. The molecule has 3 rings (SSSR count). The summed E-state index contributed by atoms with van der Waals surface area (Å²) in [5.74, 6) is 0. The Bertz CT molecular complexity index is 544. The van der Waals surface area contributed by atoms with Crippen LogP contribution < -0.4 is 5.32 Å². The summed E-state index contributed by atoms with van der Waals surface area (Å²) in [6.07, 6.45) is 3.97. The highest BCUT2D eigenvalue weighted by Crippen LogP contribution is 2.41. The lowest BCUT2D eigenvalue weighted by molar-refractivity contribution is 0.405. The van der Waals surface area contributed by atoms with Crippen molar-refractivity contribution >= 4 is 9.84 Å². The van der Waals surface area contributed by atoms with Gasteiger partial charge in [0.25, 0.3) is 0 Å². The molecule has 1 saturated carbocycles. The van der Waals surface area contributed by atoms with Crippen LogP contribution in [-0.2, 0) is 9.84 Å². The maximum absolute atomic E-state index is 12.7. The van der Waals surface area contributed by atoms with Crippen molar-refractivity contribution in [1.82, 2.24) is 5.32 Å². The quantitative estimate of drug-likeness (QED) is 0.833. The molecule has 18 heavy (non-hydrogen) atoms. The van der Waals surface area contributed by atoms with Crippen LogP contribution in [0, 0.1) is 6.92 Å². The van der Waals surface area contributed by atoms with Crippen molar-refractivity contribution in [2.75, 3.05) is 6.54 Å². The van der Waals surface area contributed by atoms with E-state index in [0.717, 1.165) is 37.8 Å². The highest BCUT2D eigenvalue weighted by atomic mass is 32.2. The van der Waals surface area contributed by atoms with E-state index >= 15 is 0 Å². The Morgan fingerprint density at radius 2 is 1.89 bits per heavy atom. The van der Waals surface area contributed by atoms with E-state index in [1.807, 2.05) is 19.1 Å². The zero-order valence-electron chi connectivity index (χ0n) is 10.6. The van der Waals surface area contributed by atoms with Crippen molar-refractivity contribution in [1.29, 1.82) is 0 Å². The van der Waals surface area contributed by atoms with Gasteiger partial charge in [0.2, 0.25) is 0 Å². The number of benzene rings is 1. The molecule has 98 valence electrons. The molecule has 2 aliphatic rings. The Balaban J connectivity index is 1.96. The van der Waals surface area contributed by atoms with Crippen LogP contribution in [0.25, 0.3) is 0 Å². The lowest BCUT2D eigenvalue weighted by atomic mass is 9.88. The van der Waals surface area contributed by atoms with Gasteiger partial charge in [-0.25, -0.2) is 8.42 Å². The van der Waals surface area contributed by atoms with Crippen LogP contribution in [0.5, 0.6) is 0 Å². The van der Waals surface area contributed by atoms with E-state index in [1.54, 1.807) is 12.1 Å². The molecular formula is C14H19NO2S. The normalized spacial score (nSPS) is 31.5. The van der Waals surface area contributed by atoms with E-state index in [1.165, 1.54) is 0 Å². The first-order chi connectivity index (χ1) is 8.55. The molecule has 3 nitrogen and oxygen atoms in total. The molecular weight excluding hydrogens is 246 g/mol. The van der Waals surface area contributed by atoms with E-state index in [2.05, 4.69) is 5.32 Å². The fourth-order valence-electron chi connectivity index (χ4n) is 3.07. The fourth-order valence-corrected chi connectivity index (χ4v) is 5.27. The first-order valence-corrected chi connectivity index (χ1v) is 8.15. The Hall–Kier alpha value is -0.870. The lowest BCUT2D eigenvalue weighted by Gasteiger charge is -2.30. The monoisotopic (exact) mass is 265 g/mol. The number of hydrogen-bond donors (Lipinski definition) is 1. The molecule has 1 aromatic rings. The molecule has 0 bridgehead atoms. The molecule has 0 aromatic heterocycles. The SMILES string of the molecule is Cc1ccc(S(=O)(=O)C2CCCCC23CN3)cc1.